The summed E-state index contributed by atoms with van der Waals surface area (Å²) in [5.41, 5.74) is 1.48. The number of benzene rings is 1. The van der Waals surface area contributed by atoms with Gasteiger partial charge in [0.2, 0.25) is 0 Å². The molecule has 1 aromatic rings. The Morgan fingerprint density at radius 2 is 2.31 bits per heavy atom. The van der Waals surface area contributed by atoms with Gasteiger partial charge in [0.05, 0.1) is 12.8 Å². The zero-order valence-electron chi connectivity index (χ0n) is 8.90. The van der Waals surface area contributed by atoms with Crippen LogP contribution in [0, 0.1) is 0 Å². The van der Waals surface area contributed by atoms with Crippen LogP contribution in [0.1, 0.15) is 30.4 Å². The minimum absolute atomic E-state index is 0.0880. The molecule has 16 heavy (non-hydrogen) atoms. The summed E-state index contributed by atoms with van der Waals surface area (Å²) in [7, 11) is 0. The molecular formula is C12H12O4. The van der Waals surface area contributed by atoms with Crippen molar-refractivity contribution in [3.05, 3.63) is 29.3 Å². The van der Waals surface area contributed by atoms with Crippen LogP contribution < -0.4 is 4.74 Å². The Labute approximate surface area is 92.8 Å². The standard InChI is InChI=1S/C12H12O4/c1-7-5-11(15)16-12-8(6-10(13)14)3-2-4-9(7)12/h2-4,7H,5-6H2,1H3,(H,13,14). The van der Waals surface area contributed by atoms with Crippen LogP contribution in [0.2, 0.25) is 0 Å². The molecule has 4 heteroatoms. The fourth-order valence-electron chi connectivity index (χ4n) is 1.93. The van der Waals surface area contributed by atoms with Crippen molar-refractivity contribution in [2.75, 3.05) is 0 Å². The highest BCUT2D eigenvalue weighted by atomic mass is 16.5. The molecule has 0 bridgehead atoms. The Kier molecular flexibility index (Phi) is 2.64. The summed E-state index contributed by atoms with van der Waals surface area (Å²) < 4.78 is 5.13. The number of carboxylic acids is 1. The fourth-order valence-corrected chi connectivity index (χ4v) is 1.93. The van der Waals surface area contributed by atoms with Crippen molar-refractivity contribution in [1.82, 2.24) is 0 Å². The number of fused-ring (bicyclic) bond motifs is 1. The average Bonchev–Trinajstić information content (AvgIpc) is 2.18. The van der Waals surface area contributed by atoms with Gasteiger partial charge in [-0.25, -0.2) is 0 Å². The van der Waals surface area contributed by atoms with Crippen LogP contribution in [-0.4, -0.2) is 17.0 Å². The maximum absolute atomic E-state index is 11.3. The molecule has 1 N–H and O–H groups in total. The molecule has 4 nitrogen and oxygen atoms in total. The van der Waals surface area contributed by atoms with E-state index in [0.717, 1.165) is 5.56 Å². The molecule has 0 amide bonds. The van der Waals surface area contributed by atoms with Crippen LogP contribution in [0.15, 0.2) is 18.2 Å². The first-order valence-electron chi connectivity index (χ1n) is 5.12. The number of ether oxygens (including phenoxy) is 1. The molecule has 0 aliphatic carbocycles. The zero-order valence-corrected chi connectivity index (χ0v) is 8.90. The molecular weight excluding hydrogens is 208 g/mol. The SMILES string of the molecule is CC1CC(=O)Oc2c(CC(=O)O)cccc21. The molecule has 0 aromatic heterocycles. The van der Waals surface area contributed by atoms with E-state index >= 15 is 0 Å². The second kappa shape index (κ2) is 3.96. The summed E-state index contributed by atoms with van der Waals surface area (Å²) in [5, 5.41) is 8.76. The molecule has 1 aromatic carbocycles. The topological polar surface area (TPSA) is 63.6 Å². The molecule has 0 fully saturated rings. The Morgan fingerprint density at radius 3 is 3.00 bits per heavy atom. The summed E-state index contributed by atoms with van der Waals surface area (Å²) in [6.45, 7) is 1.93. The van der Waals surface area contributed by atoms with Crippen LogP contribution in [-0.2, 0) is 16.0 Å². The van der Waals surface area contributed by atoms with Gasteiger partial charge in [0.15, 0.2) is 0 Å². The van der Waals surface area contributed by atoms with Gasteiger partial charge < -0.3 is 9.84 Å². The zero-order chi connectivity index (χ0) is 11.7. The van der Waals surface area contributed by atoms with Crippen LogP contribution in [0.4, 0.5) is 0 Å². The highest BCUT2D eigenvalue weighted by Gasteiger charge is 2.26. The first-order chi connectivity index (χ1) is 7.58. The Morgan fingerprint density at radius 1 is 1.56 bits per heavy atom. The minimum Gasteiger partial charge on any atom is -0.481 e. The van der Waals surface area contributed by atoms with Gasteiger partial charge in [0, 0.05) is 5.56 Å². The number of hydrogen-bond acceptors (Lipinski definition) is 3. The summed E-state index contributed by atoms with van der Waals surface area (Å²) in [6.07, 6.45) is 0.229. The number of carboxylic acid groups (broad SMARTS) is 1. The number of carbonyl (C=O) groups excluding carboxylic acids is 1. The quantitative estimate of drug-likeness (QED) is 0.609. The number of aliphatic carboxylic acids is 1. The predicted octanol–water partition coefficient (Wildman–Crippen LogP) is 1.73. The minimum atomic E-state index is -0.928. The Hall–Kier alpha value is -1.84. The smallest absolute Gasteiger partial charge is 0.311 e. The molecule has 0 radical (unpaired) electrons. The van der Waals surface area contributed by atoms with Crippen LogP contribution >= 0.6 is 0 Å². The number of esters is 1. The molecule has 2 rings (SSSR count). The lowest BCUT2D eigenvalue weighted by Crippen LogP contribution is -2.20. The van der Waals surface area contributed by atoms with E-state index in [0.29, 0.717) is 17.7 Å². The fraction of sp³-hybridized carbons (Fsp3) is 0.333. The van der Waals surface area contributed by atoms with Crippen molar-refractivity contribution < 1.29 is 19.4 Å². The molecule has 0 saturated heterocycles. The van der Waals surface area contributed by atoms with Crippen LogP contribution in [0.3, 0.4) is 0 Å². The van der Waals surface area contributed by atoms with Gasteiger partial charge in [-0.2, -0.15) is 0 Å². The maximum Gasteiger partial charge on any atom is 0.311 e. The van der Waals surface area contributed by atoms with Crippen molar-refractivity contribution in [2.45, 2.75) is 25.7 Å². The van der Waals surface area contributed by atoms with E-state index < -0.39 is 5.97 Å². The van der Waals surface area contributed by atoms with E-state index in [4.69, 9.17) is 9.84 Å². The van der Waals surface area contributed by atoms with Gasteiger partial charge in [0.1, 0.15) is 5.75 Å². The maximum atomic E-state index is 11.3. The lowest BCUT2D eigenvalue weighted by Gasteiger charge is -2.23. The second-order valence-corrected chi connectivity index (χ2v) is 3.99. The van der Waals surface area contributed by atoms with E-state index in [1.165, 1.54) is 0 Å². The Balaban J connectivity index is 2.45. The summed E-state index contributed by atoms with van der Waals surface area (Å²) in [5.74, 6) is -0.695. The molecule has 0 spiro atoms. The monoisotopic (exact) mass is 220 g/mol. The van der Waals surface area contributed by atoms with Crippen molar-refractivity contribution in [3.63, 3.8) is 0 Å². The summed E-state index contributed by atoms with van der Waals surface area (Å²) in [4.78, 5) is 22.0. The third-order valence-corrected chi connectivity index (χ3v) is 2.69. The third kappa shape index (κ3) is 1.91. The van der Waals surface area contributed by atoms with E-state index in [1.54, 1.807) is 12.1 Å². The highest BCUT2D eigenvalue weighted by molar-refractivity contribution is 5.79. The van der Waals surface area contributed by atoms with E-state index in [9.17, 15) is 9.59 Å². The number of carbonyl (C=O) groups is 2. The van der Waals surface area contributed by atoms with E-state index in [1.807, 2.05) is 13.0 Å². The number of rotatable bonds is 2. The summed E-state index contributed by atoms with van der Waals surface area (Å²) in [6, 6.07) is 5.35. The molecule has 1 aliphatic heterocycles. The molecule has 1 atom stereocenters. The average molecular weight is 220 g/mol. The first-order valence-corrected chi connectivity index (χ1v) is 5.12. The number of para-hydroxylation sites is 1. The third-order valence-electron chi connectivity index (χ3n) is 2.69. The Bertz CT molecular complexity index is 450. The van der Waals surface area contributed by atoms with Crippen molar-refractivity contribution in [3.8, 4) is 5.75 Å². The lowest BCUT2D eigenvalue weighted by atomic mass is 9.92. The van der Waals surface area contributed by atoms with Crippen molar-refractivity contribution in [1.29, 1.82) is 0 Å². The number of hydrogen-bond donors (Lipinski definition) is 1. The van der Waals surface area contributed by atoms with E-state index in [-0.39, 0.29) is 18.3 Å². The van der Waals surface area contributed by atoms with Crippen molar-refractivity contribution >= 4 is 11.9 Å². The lowest BCUT2D eigenvalue weighted by molar-refractivity contribution is -0.138. The second-order valence-electron chi connectivity index (χ2n) is 3.99. The highest BCUT2D eigenvalue weighted by Crippen LogP contribution is 2.36. The molecule has 1 heterocycles. The largest absolute Gasteiger partial charge is 0.481 e. The molecule has 0 saturated carbocycles. The van der Waals surface area contributed by atoms with Crippen LogP contribution in [0.5, 0.6) is 5.75 Å². The van der Waals surface area contributed by atoms with Gasteiger partial charge in [-0.05, 0) is 11.5 Å². The van der Waals surface area contributed by atoms with Gasteiger partial charge in [-0.15, -0.1) is 0 Å². The van der Waals surface area contributed by atoms with Crippen LogP contribution in [0.25, 0.3) is 0 Å². The summed E-state index contributed by atoms with van der Waals surface area (Å²) >= 11 is 0. The normalized spacial score (nSPS) is 18.8. The molecule has 1 aliphatic rings. The van der Waals surface area contributed by atoms with Gasteiger partial charge in [-0.1, -0.05) is 25.1 Å². The van der Waals surface area contributed by atoms with Gasteiger partial charge in [0.25, 0.3) is 0 Å². The predicted molar refractivity (Wildman–Crippen MR) is 56.4 cm³/mol. The van der Waals surface area contributed by atoms with E-state index in [2.05, 4.69) is 0 Å². The van der Waals surface area contributed by atoms with Gasteiger partial charge >= 0.3 is 11.9 Å². The van der Waals surface area contributed by atoms with Gasteiger partial charge in [-0.3, -0.25) is 9.59 Å². The molecule has 1 unspecified atom stereocenters. The molecule has 84 valence electrons. The first kappa shape index (κ1) is 10.7. The van der Waals surface area contributed by atoms with Crippen molar-refractivity contribution in [2.24, 2.45) is 0 Å².